The quantitative estimate of drug-likeness (QED) is 0.421. The Bertz CT molecular complexity index is 67.1. The molecule has 0 bridgehead atoms. The van der Waals surface area contributed by atoms with Gasteiger partial charge in [-0.3, -0.25) is 0 Å². The molecule has 0 heterocycles. The Hall–Kier alpha value is 0.760. The van der Waals surface area contributed by atoms with Crippen LogP contribution in [0.2, 0.25) is 0 Å². The number of halogens is 1. The molecule has 2 nitrogen and oxygen atoms in total. The van der Waals surface area contributed by atoms with Gasteiger partial charge in [-0.05, 0) is 5.92 Å². The van der Waals surface area contributed by atoms with E-state index in [4.69, 9.17) is 5.73 Å². The number of rotatable bonds is 1. The molecule has 0 aromatic carbocycles. The van der Waals surface area contributed by atoms with Crippen molar-refractivity contribution in [2.75, 3.05) is 0 Å². The van der Waals surface area contributed by atoms with Crippen LogP contribution in [0.4, 0.5) is 0 Å². The molecule has 0 rings (SSSR count). The average Bonchev–Trinajstić information content (AvgIpc) is 1.36. The van der Waals surface area contributed by atoms with Crippen molar-refractivity contribution < 1.29 is 34.4 Å². The van der Waals surface area contributed by atoms with E-state index in [0.29, 0.717) is 0 Å². The van der Waals surface area contributed by atoms with Gasteiger partial charge in [-0.2, -0.15) is 0 Å². The van der Waals surface area contributed by atoms with Gasteiger partial charge in [0.05, 0.1) is 5.91 Å². The molecule has 0 aromatic rings. The predicted molar refractivity (Wildman–Crippen MR) is 31.4 cm³/mol. The maximum Gasteiger partial charge on any atom is 1.00 e. The number of amides is 1. The molecular formula is C4H9ClNNaO. The fraction of sp³-hybridized carbons (Fsp3) is 0.750. The summed E-state index contributed by atoms with van der Waals surface area (Å²) in [5.74, 6) is -0.611. The molecule has 0 saturated carbocycles. The number of hydrogen-bond donors (Lipinski definition) is 0. The van der Waals surface area contributed by atoms with E-state index in [-0.39, 0.29) is 47.9 Å². The number of carbonyl (C=O) groups excluding carboxylic acids is 1. The van der Waals surface area contributed by atoms with Gasteiger partial charge < -0.3 is 10.5 Å². The van der Waals surface area contributed by atoms with Crippen LogP contribution in [-0.4, -0.2) is 5.91 Å². The second kappa shape index (κ2) is 7.76. The van der Waals surface area contributed by atoms with Crippen molar-refractivity contribution in [1.29, 1.82) is 0 Å². The van der Waals surface area contributed by atoms with Crippen LogP contribution in [0.1, 0.15) is 13.8 Å². The minimum absolute atomic E-state index is 0. The van der Waals surface area contributed by atoms with E-state index in [1.165, 1.54) is 0 Å². The summed E-state index contributed by atoms with van der Waals surface area (Å²) in [6.07, 6.45) is 0. The normalized spacial score (nSPS) is 6.88. The van der Waals surface area contributed by atoms with E-state index in [1.807, 2.05) is 0 Å². The zero-order chi connectivity index (χ0) is 5.15. The summed E-state index contributed by atoms with van der Waals surface area (Å²) in [6, 6.07) is 0. The predicted octanol–water partition coefficient (Wildman–Crippen LogP) is -1.35. The van der Waals surface area contributed by atoms with Crippen LogP contribution in [0.5, 0.6) is 0 Å². The number of hydrogen-bond acceptors (Lipinski definition) is 1. The van der Waals surface area contributed by atoms with Crippen LogP contribution in [0, 0.1) is 5.92 Å². The molecule has 0 atom stereocenters. The van der Waals surface area contributed by atoms with Gasteiger partial charge in [-0.25, -0.2) is 0 Å². The average molecular weight is 146 g/mol. The molecule has 0 aliphatic heterocycles. The molecule has 4 heteroatoms. The second-order valence-corrected chi connectivity index (χ2v) is 1.52. The standard InChI is InChI=1S/C4H9NO.ClH.Na/c1-3(2)4(5)6;;/h3H,1-2H3,(H2,5,6);1H;/q;;+1/p-1. The van der Waals surface area contributed by atoms with Gasteiger partial charge in [0.15, 0.2) is 0 Å². The van der Waals surface area contributed by atoms with E-state index < -0.39 is 5.91 Å². The summed E-state index contributed by atoms with van der Waals surface area (Å²) in [5.41, 5.74) is 6.39. The van der Waals surface area contributed by atoms with Gasteiger partial charge in [-0.1, -0.05) is 13.8 Å². The van der Waals surface area contributed by atoms with E-state index in [0.717, 1.165) is 0 Å². The van der Waals surface area contributed by atoms with Crippen LogP contribution in [0.3, 0.4) is 0 Å². The first-order chi connectivity index (χ1) is 2.64. The maximum atomic E-state index is 9.81. The zero-order valence-corrected chi connectivity index (χ0v) is 8.21. The Morgan fingerprint density at radius 2 is 1.62 bits per heavy atom. The van der Waals surface area contributed by atoms with Gasteiger partial charge in [-0.15, -0.1) is 12.4 Å². The van der Waals surface area contributed by atoms with E-state index >= 15 is 0 Å². The topological polar surface area (TPSA) is 40.9 Å². The molecule has 0 aliphatic carbocycles. The minimum atomic E-state index is -0.491. The van der Waals surface area contributed by atoms with Crippen molar-refractivity contribution in [1.82, 2.24) is 0 Å². The van der Waals surface area contributed by atoms with Crippen LogP contribution in [0.25, 0.3) is 5.73 Å². The molecular weight excluding hydrogens is 136 g/mol. The van der Waals surface area contributed by atoms with Crippen molar-refractivity contribution in [3.8, 4) is 0 Å². The molecule has 44 valence electrons. The summed E-state index contributed by atoms with van der Waals surface area (Å²) in [6.45, 7) is 3.41. The second-order valence-electron chi connectivity index (χ2n) is 1.52. The van der Waals surface area contributed by atoms with Gasteiger partial charge in [0.1, 0.15) is 0 Å². The Kier molecular flexibility index (Phi) is 15.4. The third kappa shape index (κ3) is 9.90. The molecule has 1 amide bonds. The Labute approximate surface area is 77.9 Å². The summed E-state index contributed by atoms with van der Waals surface area (Å²) >= 11 is 0. The Morgan fingerprint density at radius 3 is 1.62 bits per heavy atom. The first-order valence-corrected chi connectivity index (χ1v) is 1.90. The Balaban J connectivity index is -0.000000125. The fourth-order valence-corrected chi connectivity index (χ4v) is 0. The third-order valence-corrected chi connectivity index (χ3v) is 0.524. The van der Waals surface area contributed by atoms with Crippen LogP contribution >= 0.6 is 12.4 Å². The molecule has 0 fully saturated rings. The smallest absolute Gasteiger partial charge is 0.668 e. The number of nitrogens with one attached hydrogen (secondary N) is 1. The van der Waals surface area contributed by atoms with Gasteiger partial charge in [0.25, 0.3) is 0 Å². The van der Waals surface area contributed by atoms with Crippen LogP contribution < -0.4 is 29.6 Å². The summed E-state index contributed by atoms with van der Waals surface area (Å²) < 4.78 is 0. The van der Waals surface area contributed by atoms with Crippen molar-refractivity contribution in [2.45, 2.75) is 13.8 Å². The van der Waals surface area contributed by atoms with Crippen molar-refractivity contribution >= 4 is 18.3 Å². The summed E-state index contributed by atoms with van der Waals surface area (Å²) in [7, 11) is 0. The molecule has 0 aromatic heterocycles. The first kappa shape index (κ1) is 15.9. The van der Waals surface area contributed by atoms with Gasteiger partial charge >= 0.3 is 29.6 Å². The van der Waals surface area contributed by atoms with E-state index in [9.17, 15) is 4.79 Å². The molecule has 0 aliphatic rings. The maximum absolute atomic E-state index is 9.81. The van der Waals surface area contributed by atoms with Gasteiger partial charge in [0, 0.05) is 0 Å². The summed E-state index contributed by atoms with van der Waals surface area (Å²) in [5, 5.41) is 0. The molecule has 8 heavy (non-hydrogen) atoms. The van der Waals surface area contributed by atoms with Crippen molar-refractivity contribution in [2.24, 2.45) is 5.92 Å². The minimum Gasteiger partial charge on any atom is -0.668 e. The van der Waals surface area contributed by atoms with Crippen LogP contribution in [-0.2, 0) is 4.79 Å². The first-order valence-electron chi connectivity index (χ1n) is 1.90. The third-order valence-electron chi connectivity index (χ3n) is 0.524. The molecule has 0 unspecified atom stereocenters. The molecule has 0 radical (unpaired) electrons. The monoisotopic (exact) mass is 145 g/mol. The SMILES string of the molecule is CC(C)C([NH-])=O.Cl.[Na+]. The fourth-order valence-electron chi connectivity index (χ4n) is 0. The van der Waals surface area contributed by atoms with E-state index in [1.54, 1.807) is 13.8 Å². The van der Waals surface area contributed by atoms with Crippen LogP contribution in [0.15, 0.2) is 0 Å². The molecule has 0 spiro atoms. The number of carbonyl (C=O) groups is 1. The van der Waals surface area contributed by atoms with E-state index in [2.05, 4.69) is 0 Å². The van der Waals surface area contributed by atoms with Gasteiger partial charge in [0.2, 0.25) is 0 Å². The molecule has 1 N–H and O–H groups in total. The van der Waals surface area contributed by atoms with Crippen molar-refractivity contribution in [3.63, 3.8) is 0 Å². The van der Waals surface area contributed by atoms with Crippen molar-refractivity contribution in [3.05, 3.63) is 5.73 Å². The largest absolute Gasteiger partial charge is 1.00 e. The summed E-state index contributed by atoms with van der Waals surface area (Å²) in [4.78, 5) is 9.81. The zero-order valence-electron chi connectivity index (χ0n) is 5.39. The Morgan fingerprint density at radius 1 is 1.50 bits per heavy atom. The molecule has 0 saturated heterocycles.